The van der Waals surface area contributed by atoms with Crippen LogP contribution in [0.2, 0.25) is 5.15 Å². The second kappa shape index (κ2) is 4.90. The molecular weight excluding hydrogens is 280 g/mol. The number of ether oxygens (including phenoxy) is 1. The van der Waals surface area contributed by atoms with Gasteiger partial charge in [0.15, 0.2) is 11.3 Å². The highest BCUT2D eigenvalue weighted by atomic mass is 35.5. The molecule has 20 heavy (non-hydrogen) atoms. The van der Waals surface area contributed by atoms with Gasteiger partial charge >= 0.3 is 5.97 Å². The summed E-state index contributed by atoms with van der Waals surface area (Å²) >= 11 is 5.89. The van der Waals surface area contributed by atoms with Crippen molar-refractivity contribution in [1.82, 2.24) is 19.4 Å². The van der Waals surface area contributed by atoms with Crippen molar-refractivity contribution in [1.29, 1.82) is 0 Å². The maximum absolute atomic E-state index is 11.5. The Kier molecular flexibility index (Phi) is 3.08. The molecule has 3 aromatic rings. The van der Waals surface area contributed by atoms with Gasteiger partial charge in [-0.05, 0) is 12.1 Å². The van der Waals surface area contributed by atoms with Crippen molar-refractivity contribution in [2.45, 2.75) is 0 Å². The predicted octanol–water partition coefficient (Wildman–Crippen LogP) is 2.23. The number of methoxy groups -OCH3 is 1. The molecule has 0 N–H and O–H groups in total. The minimum Gasteiger partial charge on any atom is -0.464 e. The molecule has 6 nitrogen and oxygen atoms in total. The number of hydrogen-bond acceptors (Lipinski definition) is 5. The third-order valence-corrected chi connectivity index (χ3v) is 2.98. The number of carbonyl (C=O) groups excluding carboxylic acids is 1. The van der Waals surface area contributed by atoms with E-state index in [1.165, 1.54) is 13.3 Å². The molecule has 0 aliphatic rings. The molecule has 0 fully saturated rings. The van der Waals surface area contributed by atoms with E-state index in [0.29, 0.717) is 16.5 Å². The first-order valence-electron chi connectivity index (χ1n) is 5.73. The molecule has 0 aliphatic heterocycles. The first-order valence-corrected chi connectivity index (χ1v) is 6.11. The molecule has 0 aromatic carbocycles. The number of nitrogens with zero attached hydrogens (tertiary/aromatic N) is 4. The van der Waals surface area contributed by atoms with Crippen molar-refractivity contribution in [3.05, 3.63) is 47.6 Å². The van der Waals surface area contributed by atoms with Crippen LogP contribution in [0.3, 0.4) is 0 Å². The topological polar surface area (TPSA) is 69.4 Å². The number of fused-ring (bicyclic) bond motifs is 1. The van der Waals surface area contributed by atoms with Crippen molar-refractivity contribution in [3.63, 3.8) is 0 Å². The van der Waals surface area contributed by atoms with Gasteiger partial charge in [-0.25, -0.2) is 19.7 Å². The summed E-state index contributed by atoms with van der Waals surface area (Å²) in [6.45, 7) is 0. The van der Waals surface area contributed by atoms with Crippen molar-refractivity contribution in [2.75, 3.05) is 7.11 Å². The molecule has 3 rings (SSSR count). The fourth-order valence-electron chi connectivity index (χ4n) is 1.84. The molecule has 0 unspecified atom stereocenters. The average molecular weight is 289 g/mol. The molecule has 0 radical (unpaired) electrons. The monoisotopic (exact) mass is 288 g/mol. The summed E-state index contributed by atoms with van der Waals surface area (Å²) in [4.78, 5) is 24.0. The van der Waals surface area contributed by atoms with Gasteiger partial charge in [-0.3, -0.25) is 4.40 Å². The van der Waals surface area contributed by atoms with Gasteiger partial charge in [-0.15, -0.1) is 0 Å². The van der Waals surface area contributed by atoms with E-state index in [2.05, 4.69) is 19.7 Å². The Labute approximate surface area is 119 Å². The van der Waals surface area contributed by atoms with Crippen LogP contribution in [0.1, 0.15) is 10.5 Å². The Morgan fingerprint density at radius 2 is 2.15 bits per heavy atom. The standard InChI is InChI=1S/C13H9ClN4O2/c1-20-13(19)9-7-18-10(5-16-12(18)6-15-9)8-3-2-4-11(14)17-8/h2-7H,1H3. The number of carbonyl (C=O) groups is 1. The van der Waals surface area contributed by atoms with E-state index < -0.39 is 5.97 Å². The van der Waals surface area contributed by atoms with Gasteiger partial charge in [0.1, 0.15) is 5.15 Å². The zero-order valence-corrected chi connectivity index (χ0v) is 11.2. The molecular formula is C13H9ClN4O2. The van der Waals surface area contributed by atoms with E-state index in [0.717, 1.165) is 5.69 Å². The average Bonchev–Trinajstić information content (AvgIpc) is 2.89. The zero-order valence-electron chi connectivity index (χ0n) is 10.4. The Morgan fingerprint density at radius 3 is 2.90 bits per heavy atom. The van der Waals surface area contributed by atoms with Gasteiger partial charge in [0.2, 0.25) is 0 Å². The molecule has 0 spiro atoms. The van der Waals surface area contributed by atoms with Gasteiger partial charge in [-0.1, -0.05) is 17.7 Å². The van der Waals surface area contributed by atoms with Crippen LogP contribution < -0.4 is 0 Å². The molecule has 0 atom stereocenters. The molecule has 0 saturated heterocycles. The summed E-state index contributed by atoms with van der Waals surface area (Å²) < 4.78 is 6.37. The molecule has 7 heteroatoms. The fraction of sp³-hybridized carbons (Fsp3) is 0.0769. The van der Waals surface area contributed by atoms with Gasteiger partial charge in [0.05, 0.1) is 30.9 Å². The second-order valence-corrected chi connectivity index (χ2v) is 4.37. The smallest absolute Gasteiger partial charge is 0.358 e. The molecule has 0 aliphatic carbocycles. The van der Waals surface area contributed by atoms with Crippen LogP contribution in [0.5, 0.6) is 0 Å². The van der Waals surface area contributed by atoms with Crippen LogP contribution in [0.25, 0.3) is 17.0 Å². The zero-order chi connectivity index (χ0) is 14.1. The third-order valence-electron chi connectivity index (χ3n) is 2.77. The lowest BCUT2D eigenvalue weighted by molar-refractivity contribution is 0.0593. The van der Waals surface area contributed by atoms with Gasteiger partial charge < -0.3 is 4.74 Å². The van der Waals surface area contributed by atoms with E-state index >= 15 is 0 Å². The lowest BCUT2D eigenvalue weighted by atomic mass is 10.3. The minimum atomic E-state index is -0.509. The van der Waals surface area contributed by atoms with E-state index in [4.69, 9.17) is 11.6 Å². The van der Waals surface area contributed by atoms with Crippen LogP contribution >= 0.6 is 11.6 Å². The van der Waals surface area contributed by atoms with Crippen LogP contribution in [-0.4, -0.2) is 32.4 Å². The van der Waals surface area contributed by atoms with E-state index in [9.17, 15) is 4.79 Å². The lowest BCUT2D eigenvalue weighted by Crippen LogP contribution is -2.06. The summed E-state index contributed by atoms with van der Waals surface area (Å²) in [6.07, 6.45) is 4.71. The highest BCUT2D eigenvalue weighted by Crippen LogP contribution is 2.20. The summed E-state index contributed by atoms with van der Waals surface area (Å²) in [7, 11) is 1.31. The van der Waals surface area contributed by atoms with E-state index in [1.807, 2.05) is 6.07 Å². The highest BCUT2D eigenvalue weighted by molar-refractivity contribution is 6.29. The first kappa shape index (κ1) is 12.6. The Bertz CT molecular complexity index is 800. The van der Waals surface area contributed by atoms with Crippen molar-refractivity contribution < 1.29 is 9.53 Å². The van der Waals surface area contributed by atoms with Crippen molar-refractivity contribution >= 4 is 23.2 Å². The summed E-state index contributed by atoms with van der Waals surface area (Å²) in [5.74, 6) is -0.509. The molecule has 100 valence electrons. The molecule has 0 saturated carbocycles. The SMILES string of the molecule is COC(=O)c1cn2c(-c3cccc(Cl)n3)cnc2cn1. The normalized spacial score (nSPS) is 10.7. The molecule has 0 bridgehead atoms. The number of imidazole rings is 1. The van der Waals surface area contributed by atoms with Gasteiger partial charge in [0.25, 0.3) is 0 Å². The molecule has 3 heterocycles. The predicted molar refractivity (Wildman–Crippen MR) is 72.6 cm³/mol. The first-order chi connectivity index (χ1) is 9.69. The number of pyridine rings is 1. The molecule has 0 amide bonds. The number of aromatic nitrogens is 4. The summed E-state index contributed by atoms with van der Waals surface area (Å²) in [5.41, 5.74) is 2.18. The maximum atomic E-state index is 11.5. The number of rotatable bonds is 2. The van der Waals surface area contributed by atoms with E-state index in [1.54, 1.807) is 28.9 Å². The van der Waals surface area contributed by atoms with Crippen LogP contribution in [0.15, 0.2) is 36.8 Å². The Balaban J connectivity index is 2.19. The van der Waals surface area contributed by atoms with Crippen LogP contribution in [0, 0.1) is 0 Å². The summed E-state index contributed by atoms with van der Waals surface area (Å²) in [6, 6.07) is 5.30. The van der Waals surface area contributed by atoms with E-state index in [-0.39, 0.29) is 5.69 Å². The summed E-state index contributed by atoms with van der Waals surface area (Å²) in [5, 5.41) is 0.389. The largest absolute Gasteiger partial charge is 0.464 e. The van der Waals surface area contributed by atoms with Gasteiger partial charge in [0, 0.05) is 6.20 Å². The Morgan fingerprint density at radius 1 is 1.30 bits per heavy atom. The van der Waals surface area contributed by atoms with Gasteiger partial charge in [-0.2, -0.15) is 0 Å². The maximum Gasteiger partial charge on any atom is 0.358 e. The number of hydrogen-bond donors (Lipinski definition) is 0. The quantitative estimate of drug-likeness (QED) is 0.534. The Hall–Kier alpha value is -2.47. The van der Waals surface area contributed by atoms with Crippen LogP contribution in [-0.2, 0) is 4.74 Å². The second-order valence-electron chi connectivity index (χ2n) is 3.98. The number of esters is 1. The number of halogens is 1. The minimum absolute atomic E-state index is 0.196. The highest BCUT2D eigenvalue weighted by Gasteiger charge is 2.12. The fourth-order valence-corrected chi connectivity index (χ4v) is 2.00. The molecule has 3 aromatic heterocycles. The third kappa shape index (κ3) is 2.10. The van der Waals surface area contributed by atoms with Crippen molar-refractivity contribution in [2.24, 2.45) is 0 Å². The lowest BCUT2D eigenvalue weighted by Gasteiger charge is -2.03. The van der Waals surface area contributed by atoms with Crippen molar-refractivity contribution in [3.8, 4) is 11.4 Å². The van der Waals surface area contributed by atoms with Crippen LogP contribution in [0.4, 0.5) is 0 Å².